The van der Waals surface area contributed by atoms with Gasteiger partial charge < -0.3 is 5.32 Å². The number of hydrogen-bond donors (Lipinski definition) is 1. The molecule has 0 aromatic carbocycles. The summed E-state index contributed by atoms with van der Waals surface area (Å²) in [5.41, 5.74) is -0.893. The number of nitrogens with zero attached hydrogens (tertiary/aromatic N) is 1. The zero-order chi connectivity index (χ0) is 12.3. The second-order valence-electron chi connectivity index (χ2n) is 5.47. The third-order valence-electron chi connectivity index (χ3n) is 4.21. The maximum Gasteiger partial charge on any atom is 0.239 e. The van der Waals surface area contributed by atoms with Crippen LogP contribution in [0.1, 0.15) is 51.4 Å². The minimum atomic E-state index is -0.893. The summed E-state index contributed by atoms with van der Waals surface area (Å²) in [6, 6.07) is 0. The van der Waals surface area contributed by atoms with Gasteiger partial charge in [0.05, 0.1) is 6.54 Å². The van der Waals surface area contributed by atoms with Crippen molar-refractivity contribution in [3.05, 3.63) is 10.1 Å². The summed E-state index contributed by atoms with van der Waals surface area (Å²) in [5.74, 6) is 0.426. The first-order chi connectivity index (χ1) is 8.12. The molecule has 2 fully saturated rings. The van der Waals surface area contributed by atoms with E-state index in [1.54, 1.807) is 0 Å². The van der Waals surface area contributed by atoms with Crippen LogP contribution in [0.3, 0.4) is 0 Å². The molecule has 96 valence electrons. The predicted octanol–water partition coefficient (Wildman–Crippen LogP) is 1.88. The number of piperidine rings is 1. The summed E-state index contributed by atoms with van der Waals surface area (Å²) in [6.45, 7) is 0.218. The summed E-state index contributed by atoms with van der Waals surface area (Å²) in [4.78, 5) is 22.3. The van der Waals surface area contributed by atoms with Gasteiger partial charge >= 0.3 is 0 Å². The van der Waals surface area contributed by atoms with Crippen molar-refractivity contribution in [3.63, 3.8) is 0 Å². The van der Waals surface area contributed by atoms with Gasteiger partial charge in [0, 0.05) is 24.2 Å². The Balaban J connectivity index is 2.01. The van der Waals surface area contributed by atoms with E-state index >= 15 is 0 Å². The van der Waals surface area contributed by atoms with Crippen molar-refractivity contribution < 1.29 is 9.72 Å². The summed E-state index contributed by atoms with van der Waals surface area (Å²) in [7, 11) is 0. The Bertz CT molecular complexity index is 301. The largest absolute Gasteiger partial charge is 0.349 e. The van der Waals surface area contributed by atoms with Crippen LogP contribution < -0.4 is 5.32 Å². The minimum Gasteiger partial charge on any atom is -0.349 e. The first kappa shape index (κ1) is 12.3. The van der Waals surface area contributed by atoms with Crippen LogP contribution in [0.2, 0.25) is 0 Å². The number of carbonyl (C=O) groups is 1. The van der Waals surface area contributed by atoms with Crippen molar-refractivity contribution in [3.8, 4) is 0 Å². The molecule has 1 atom stereocenters. The van der Waals surface area contributed by atoms with Crippen LogP contribution in [-0.2, 0) is 4.79 Å². The lowest BCUT2D eigenvalue weighted by Crippen LogP contribution is -2.54. The molecule has 5 heteroatoms. The number of hydrogen-bond acceptors (Lipinski definition) is 3. The van der Waals surface area contributed by atoms with Crippen molar-refractivity contribution in [2.45, 2.75) is 56.9 Å². The molecule has 1 saturated carbocycles. The maximum atomic E-state index is 11.3. The Hall–Kier alpha value is -1.13. The zero-order valence-corrected chi connectivity index (χ0v) is 10.1. The second-order valence-corrected chi connectivity index (χ2v) is 5.47. The van der Waals surface area contributed by atoms with Gasteiger partial charge in [-0.3, -0.25) is 14.9 Å². The molecular formula is C12H20N2O3. The van der Waals surface area contributed by atoms with Crippen molar-refractivity contribution in [2.75, 3.05) is 6.54 Å². The highest BCUT2D eigenvalue weighted by Gasteiger charge is 2.47. The van der Waals surface area contributed by atoms with Crippen LogP contribution in [0.25, 0.3) is 0 Å². The van der Waals surface area contributed by atoms with Gasteiger partial charge in [-0.25, -0.2) is 0 Å². The van der Waals surface area contributed by atoms with Crippen molar-refractivity contribution in [1.29, 1.82) is 0 Å². The van der Waals surface area contributed by atoms with Crippen LogP contribution in [0.4, 0.5) is 0 Å². The number of rotatable bonds is 3. The quantitative estimate of drug-likeness (QED) is 0.604. The molecule has 0 aromatic heterocycles. The van der Waals surface area contributed by atoms with E-state index < -0.39 is 5.54 Å². The molecule has 1 amide bonds. The van der Waals surface area contributed by atoms with Gasteiger partial charge in [-0.15, -0.1) is 0 Å². The van der Waals surface area contributed by atoms with Gasteiger partial charge in [-0.1, -0.05) is 32.1 Å². The first-order valence-corrected chi connectivity index (χ1v) is 6.54. The van der Waals surface area contributed by atoms with E-state index in [1.807, 2.05) is 0 Å². The molecule has 0 bridgehead atoms. The van der Waals surface area contributed by atoms with Crippen molar-refractivity contribution in [1.82, 2.24) is 5.32 Å². The molecule has 1 aliphatic heterocycles. The van der Waals surface area contributed by atoms with Gasteiger partial charge in [0.1, 0.15) is 0 Å². The van der Waals surface area contributed by atoms with E-state index in [2.05, 4.69) is 5.32 Å². The van der Waals surface area contributed by atoms with E-state index in [4.69, 9.17) is 0 Å². The molecule has 1 saturated heterocycles. The van der Waals surface area contributed by atoms with Gasteiger partial charge in [-0.05, 0) is 5.92 Å². The van der Waals surface area contributed by atoms with E-state index in [0.717, 1.165) is 12.8 Å². The highest BCUT2D eigenvalue weighted by molar-refractivity contribution is 5.76. The monoisotopic (exact) mass is 240 g/mol. The minimum absolute atomic E-state index is 0.0499. The smallest absolute Gasteiger partial charge is 0.239 e. The zero-order valence-electron chi connectivity index (χ0n) is 10.1. The van der Waals surface area contributed by atoms with Crippen LogP contribution >= 0.6 is 0 Å². The molecule has 17 heavy (non-hydrogen) atoms. The topological polar surface area (TPSA) is 72.2 Å². The fourth-order valence-corrected chi connectivity index (χ4v) is 3.12. The summed E-state index contributed by atoms with van der Waals surface area (Å²) in [6.07, 6.45) is 7.23. The van der Waals surface area contributed by atoms with Crippen molar-refractivity contribution >= 4 is 5.91 Å². The summed E-state index contributed by atoms with van der Waals surface area (Å²) < 4.78 is 0. The van der Waals surface area contributed by atoms with Gasteiger partial charge in [0.15, 0.2) is 0 Å². The van der Waals surface area contributed by atoms with Crippen LogP contribution in [0.5, 0.6) is 0 Å². The fourth-order valence-electron chi connectivity index (χ4n) is 3.12. The Labute approximate surface area is 101 Å². The van der Waals surface area contributed by atoms with E-state index in [1.165, 1.54) is 19.3 Å². The van der Waals surface area contributed by atoms with Gasteiger partial charge in [0.2, 0.25) is 11.4 Å². The Morgan fingerprint density at radius 2 is 2.06 bits per heavy atom. The van der Waals surface area contributed by atoms with Crippen LogP contribution in [0.15, 0.2) is 0 Å². The normalized spacial score (nSPS) is 30.9. The average molecular weight is 240 g/mol. The van der Waals surface area contributed by atoms with E-state index in [9.17, 15) is 14.9 Å². The first-order valence-electron chi connectivity index (χ1n) is 6.54. The number of nitrogens with one attached hydrogen (secondary N) is 1. The molecule has 5 nitrogen and oxygen atoms in total. The molecule has 0 radical (unpaired) electrons. The lowest BCUT2D eigenvalue weighted by Gasteiger charge is -2.33. The fraction of sp³-hybridized carbons (Fsp3) is 0.917. The molecular weight excluding hydrogens is 220 g/mol. The number of carbonyl (C=O) groups excluding carboxylic acids is 1. The molecule has 1 heterocycles. The molecule has 2 rings (SSSR count). The van der Waals surface area contributed by atoms with E-state index in [-0.39, 0.29) is 17.4 Å². The second kappa shape index (κ2) is 5.02. The van der Waals surface area contributed by atoms with Gasteiger partial charge in [0.25, 0.3) is 0 Å². The Morgan fingerprint density at radius 1 is 1.35 bits per heavy atom. The maximum absolute atomic E-state index is 11.3. The van der Waals surface area contributed by atoms with Crippen molar-refractivity contribution in [2.24, 2.45) is 5.92 Å². The van der Waals surface area contributed by atoms with E-state index in [0.29, 0.717) is 25.2 Å². The lowest BCUT2D eigenvalue weighted by molar-refractivity contribution is -0.572. The molecule has 0 spiro atoms. The molecule has 0 aromatic rings. The summed E-state index contributed by atoms with van der Waals surface area (Å²) in [5, 5.41) is 14.0. The number of nitro groups is 1. The van der Waals surface area contributed by atoms with Gasteiger partial charge in [-0.2, -0.15) is 0 Å². The Kier molecular flexibility index (Phi) is 3.64. The highest BCUT2D eigenvalue weighted by Crippen LogP contribution is 2.35. The SMILES string of the molecule is O=C1CCC(CC2CCCCC2)([N+](=O)[O-])CN1. The average Bonchev–Trinajstić information content (AvgIpc) is 2.33. The number of amides is 1. The molecule has 2 aliphatic rings. The van der Waals surface area contributed by atoms with Crippen LogP contribution in [-0.4, -0.2) is 22.9 Å². The standard InChI is InChI=1S/C12H20N2O3/c15-11-6-7-12(9-13-11,14(16)17)8-10-4-2-1-3-5-10/h10H,1-9H2,(H,13,15). The third kappa shape index (κ3) is 2.76. The van der Waals surface area contributed by atoms with Crippen LogP contribution in [0, 0.1) is 16.0 Å². The summed E-state index contributed by atoms with van der Waals surface area (Å²) >= 11 is 0. The Morgan fingerprint density at radius 3 is 2.59 bits per heavy atom. The lowest BCUT2D eigenvalue weighted by atomic mass is 9.76. The molecule has 1 unspecified atom stereocenters. The molecule has 1 N–H and O–H groups in total. The third-order valence-corrected chi connectivity index (χ3v) is 4.21. The highest BCUT2D eigenvalue weighted by atomic mass is 16.6. The predicted molar refractivity (Wildman–Crippen MR) is 63.2 cm³/mol. The molecule has 1 aliphatic carbocycles.